The molecule has 2 aromatic heterocycles. The number of halogens is 5. The Hall–Kier alpha value is -2.91. The molecule has 0 aliphatic heterocycles. The summed E-state index contributed by atoms with van der Waals surface area (Å²) in [7, 11) is 0. The van der Waals surface area contributed by atoms with Crippen molar-refractivity contribution >= 4 is 0 Å². The van der Waals surface area contributed by atoms with Gasteiger partial charge in [0.2, 0.25) is 0 Å². The van der Waals surface area contributed by atoms with Gasteiger partial charge in [0.25, 0.3) is 5.89 Å². The molecule has 0 saturated heterocycles. The van der Waals surface area contributed by atoms with E-state index < -0.39 is 29.1 Å². The molecule has 1 aromatic carbocycles. The lowest BCUT2D eigenvalue weighted by Crippen LogP contribution is -2.38. The van der Waals surface area contributed by atoms with Gasteiger partial charge in [0, 0.05) is 30.3 Å². The minimum atomic E-state index is -4.73. The van der Waals surface area contributed by atoms with E-state index in [1.54, 1.807) is 0 Å². The minimum absolute atomic E-state index is 0.141. The molecule has 146 valence electrons. The average Bonchev–Trinajstić information content (AvgIpc) is 3.10. The van der Waals surface area contributed by atoms with E-state index in [-0.39, 0.29) is 11.5 Å². The fourth-order valence-electron chi connectivity index (χ4n) is 3.38. The largest absolute Gasteiger partial charge is 0.470 e. The van der Waals surface area contributed by atoms with Crippen LogP contribution < -0.4 is 0 Å². The zero-order valence-corrected chi connectivity index (χ0v) is 14.3. The first-order chi connectivity index (χ1) is 13.3. The van der Waals surface area contributed by atoms with Crippen molar-refractivity contribution in [1.82, 2.24) is 20.2 Å². The number of benzene rings is 1. The lowest BCUT2D eigenvalue weighted by molar-refractivity contribution is -0.156. The summed E-state index contributed by atoms with van der Waals surface area (Å²) in [6.07, 6.45) is 0.470. The Morgan fingerprint density at radius 2 is 1.75 bits per heavy atom. The number of rotatable bonds is 4. The summed E-state index contributed by atoms with van der Waals surface area (Å²) in [5, 5.41) is 6.31. The first-order valence-corrected chi connectivity index (χ1v) is 8.44. The molecule has 3 aromatic rings. The highest BCUT2D eigenvalue weighted by molar-refractivity contribution is 5.48. The second kappa shape index (κ2) is 6.61. The number of hydrogen-bond acceptors (Lipinski definition) is 5. The summed E-state index contributed by atoms with van der Waals surface area (Å²) < 4.78 is 69.7. The van der Waals surface area contributed by atoms with Gasteiger partial charge in [-0.25, -0.2) is 18.7 Å². The number of nitrogens with zero attached hydrogens (tertiary/aromatic N) is 4. The minimum Gasteiger partial charge on any atom is -0.413 e. The second-order valence-corrected chi connectivity index (χ2v) is 6.73. The zero-order chi connectivity index (χ0) is 19.9. The van der Waals surface area contributed by atoms with Crippen molar-refractivity contribution in [3.8, 4) is 11.5 Å². The van der Waals surface area contributed by atoms with Crippen molar-refractivity contribution in [2.24, 2.45) is 0 Å². The summed E-state index contributed by atoms with van der Waals surface area (Å²) in [6, 6.07) is 3.51. The highest BCUT2D eigenvalue weighted by Crippen LogP contribution is 2.46. The Labute approximate surface area is 155 Å². The van der Waals surface area contributed by atoms with E-state index in [4.69, 9.17) is 0 Å². The molecule has 5 nitrogen and oxygen atoms in total. The van der Waals surface area contributed by atoms with Gasteiger partial charge >= 0.3 is 12.1 Å². The molecule has 0 bridgehead atoms. The van der Waals surface area contributed by atoms with Gasteiger partial charge in [-0.2, -0.15) is 13.2 Å². The van der Waals surface area contributed by atoms with Gasteiger partial charge in [0.15, 0.2) is 0 Å². The van der Waals surface area contributed by atoms with Crippen LogP contribution in [0.5, 0.6) is 0 Å². The molecule has 1 saturated carbocycles. The number of hydrogen-bond donors (Lipinski definition) is 0. The molecular weight excluding hydrogens is 383 g/mol. The van der Waals surface area contributed by atoms with Crippen molar-refractivity contribution in [2.75, 3.05) is 0 Å². The van der Waals surface area contributed by atoms with E-state index in [0.29, 0.717) is 30.7 Å². The standard InChI is InChI=1S/C18H13F5N4O/c19-11-2-3-12(13(20)6-11)17(4-1-5-17)7-14-24-8-10(9-25-14)15-26-27-16(28-15)18(21,22)23/h2-3,6,8-9H,1,4-5,7H2. The van der Waals surface area contributed by atoms with Crippen LogP contribution in [0.3, 0.4) is 0 Å². The molecule has 2 heterocycles. The predicted octanol–water partition coefficient (Wildman–Crippen LogP) is 4.49. The third-order valence-corrected chi connectivity index (χ3v) is 4.93. The van der Waals surface area contributed by atoms with Gasteiger partial charge < -0.3 is 4.42 Å². The van der Waals surface area contributed by atoms with E-state index >= 15 is 0 Å². The van der Waals surface area contributed by atoms with Crippen molar-refractivity contribution < 1.29 is 26.4 Å². The van der Waals surface area contributed by atoms with E-state index in [1.807, 2.05) is 0 Å². The Morgan fingerprint density at radius 1 is 1.04 bits per heavy atom. The topological polar surface area (TPSA) is 64.7 Å². The summed E-state index contributed by atoms with van der Waals surface area (Å²) in [5.41, 5.74) is 0.0367. The Morgan fingerprint density at radius 3 is 2.29 bits per heavy atom. The maximum Gasteiger partial charge on any atom is 0.470 e. The van der Waals surface area contributed by atoms with Crippen LogP contribution in [0.4, 0.5) is 22.0 Å². The van der Waals surface area contributed by atoms with E-state index in [1.165, 1.54) is 24.5 Å². The molecule has 4 rings (SSSR count). The number of alkyl halides is 3. The molecule has 0 radical (unpaired) electrons. The quantitative estimate of drug-likeness (QED) is 0.608. The highest BCUT2D eigenvalue weighted by atomic mass is 19.4. The van der Waals surface area contributed by atoms with Crippen molar-refractivity contribution in [3.05, 3.63) is 59.5 Å². The predicted molar refractivity (Wildman–Crippen MR) is 85.9 cm³/mol. The maximum atomic E-state index is 14.3. The van der Waals surface area contributed by atoms with Crippen molar-refractivity contribution in [1.29, 1.82) is 0 Å². The third kappa shape index (κ3) is 3.34. The molecule has 0 unspecified atom stereocenters. The van der Waals surface area contributed by atoms with Crippen LogP contribution in [0.1, 0.15) is 36.5 Å². The monoisotopic (exact) mass is 396 g/mol. The van der Waals surface area contributed by atoms with E-state index in [0.717, 1.165) is 12.5 Å². The molecule has 1 fully saturated rings. The summed E-state index contributed by atoms with van der Waals surface area (Å²) in [6.45, 7) is 0. The lowest BCUT2D eigenvalue weighted by atomic mass is 9.62. The average molecular weight is 396 g/mol. The first kappa shape index (κ1) is 18.5. The van der Waals surface area contributed by atoms with Crippen molar-refractivity contribution in [3.63, 3.8) is 0 Å². The summed E-state index contributed by atoms with van der Waals surface area (Å²) >= 11 is 0. The van der Waals surface area contributed by atoms with Gasteiger partial charge in [-0.3, -0.25) is 0 Å². The van der Waals surface area contributed by atoms with E-state index in [9.17, 15) is 22.0 Å². The molecule has 10 heteroatoms. The van der Waals surface area contributed by atoms with Crippen LogP contribution in [0.2, 0.25) is 0 Å². The summed E-state index contributed by atoms with van der Waals surface area (Å²) in [4.78, 5) is 8.30. The molecule has 0 amide bonds. The molecule has 28 heavy (non-hydrogen) atoms. The fraction of sp³-hybridized carbons (Fsp3) is 0.333. The Bertz CT molecular complexity index is 996. The van der Waals surface area contributed by atoms with E-state index in [2.05, 4.69) is 24.6 Å². The van der Waals surface area contributed by atoms with Crippen LogP contribution in [0.25, 0.3) is 11.5 Å². The summed E-state index contributed by atoms with van der Waals surface area (Å²) in [5.74, 6) is -2.66. The molecule has 1 aliphatic rings. The normalized spacial score (nSPS) is 16.0. The Balaban J connectivity index is 1.56. The molecule has 0 spiro atoms. The molecule has 1 aliphatic carbocycles. The zero-order valence-electron chi connectivity index (χ0n) is 14.3. The maximum absolute atomic E-state index is 14.3. The first-order valence-electron chi connectivity index (χ1n) is 8.44. The molecular formula is C18H13F5N4O. The van der Waals surface area contributed by atoms with Gasteiger partial charge in [0.05, 0.1) is 5.56 Å². The van der Waals surface area contributed by atoms with Gasteiger partial charge in [0.1, 0.15) is 17.5 Å². The van der Waals surface area contributed by atoms with Crippen LogP contribution in [0, 0.1) is 11.6 Å². The number of aromatic nitrogens is 4. The van der Waals surface area contributed by atoms with Gasteiger partial charge in [-0.05, 0) is 24.5 Å². The highest BCUT2D eigenvalue weighted by Gasteiger charge is 2.41. The molecule has 0 atom stereocenters. The lowest BCUT2D eigenvalue weighted by Gasteiger charge is -2.42. The van der Waals surface area contributed by atoms with Gasteiger partial charge in [-0.15, -0.1) is 10.2 Å². The molecule has 0 N–H and O–H groups in total. The van der Waals surface area contributed by atoms with Gasteiger partial charge in [-0.1, -0.05) is 12.5 Å². The van der Waals surface area contributed by atoms with Crippen LogP contribution in [-0.4, -0.2) is 20.2 Å². The second-order valence-electron chi connectivity index (χ2n) is 6.73. The van der Waals surface area contributed by atoms with Crippen LogP contribution in [0.15, 0.2) is 35.0 Å². The third-order valence-electron chi connectivity index (χ3n) is 4.93. The Kier molecular flexibility index (Phi) is 4.35. The van der Waals surface area contributed by atoms with Crippen LogP contribution in [-0.2, 0) is 18.0 Å². The van der Waals surface area contributed by atoms with Crippen LogP contribution >= 0.6 is 0 Å². The smallest absolute Gasteiger partial charge is 0.413 e. The fourth-order valence-corrected chi connectivity index (χ4v) is 3.38. The van der Waals surface area contributed by atoms with Crippen molar-refractivity contribution in [2.45, 2.75) is 37.3 Å². The SMILES string of the molecule is Fc1ccc(C2(Cc3ncc(-c4nnc(C(F)(F)F)o4)cn3)CCC2)c(F)c1.